The number of carboxylic acid groups (broad SMARTS) is 1. The Morgan fingerprint density at radius 1 is 1.36 bits per heavy atom. The van der Waals surface area contributed by atoms with E-state index in [4.69, 9.17) is 34.7 Å². The molecule has 2 amide bonds. The van der Waals surface area contributed by atoms with Crippen molar-refractivity contribution < 1.29 is 19.5 Å². The highest BCUT2D eigenvalue weighted by Crippen LogP contribution is 2.22. The van der Waals surface area contributed by atoms with E-state index in [0.717, 1.165) is 10.5 Å². The van der Waals surface area contributed by atoms with Gasteiger partial charge in [-0.3, -0.25) is 14.4 Å². The highest BCUT2D eigenvalue weighted by atomic mass is 35.5. The number of carbonyl (C=O) groups is 3. The van der Waals surface area contributed by atoms with Crippen molar-refractivity contribution in [3.63, 3.8) is 0 Å². The second-order valence-electron chi connectivity index (χ2n) is 5.57. The number of rotatable bonds is 6. The van der Waals surface area contributed by atoms with Crippen LogP contribution in [0.25, 0.3) is 0 Å². The molecule has 1 aliphatic rings. The van der Waals surface area contributed by atoms with Crippen LogP contribution in [0.1, 0.15) is 12.0 Å². The Hall–Kier alpha value is -2.23. The zero-order chi connectivity index (χ0) is 18.6. The van der Waals surface area contributed by atoms with Gasteiger partial charge in [-0.2, -0.15) is 0 Å². The summed E-state index contributed by atoms with van der Waals surface area (Å²) in [4.78, 5) is 38.3. The zero-order valence-corrected chi connectivity index (χ0v) is 14.7. The van der Waals surface area contributed by atoms with Gasteiger partial charge in [-0.1, -0.05) is 41.3 Å². The topological polar surface area (TPSA) is 77.9 Å². The Kier molecular flexibility index (Phi) is 6.29. The highest BCUT2D eigenvalue weighted by Gasteiger charge is 2.42. The summed E-state index contributed by atoms with van der Waals surface area (Å²) in [5, 5.41) is 9.61. The van der Waals surface area contributed by atoms with Crippen molar-refractivity contribution in [3.05, 3.63) is 34.9 Å². The number of alkyl halides is 1. The number of amides is 2. The largest absolute Gasteiger partial charge is 0.481 e. The average molecular weight is 383 g/mol. The van der Waals surface area contributed by atoms with Crippen LogP contribution >= 0.6 is 23.2 Å². The summed E-state index contributed by atoms with van der Waals surface area (Å²) in [7, 11) is 0. The zero-order valence-electron chi connectivity index (χ0n) is 13.2. The molecule has 8 heteroatoms. The predicted molar refractivity (Wildman–Crippen MR) is 93.1 cm³/mol. The molecule has 132 valence electrons. The van der Waals surface area contributed by atoms with Gasteiger partial charge in [0.1, 0.15) is 18.1 Å². The average Bonchev–Trinajstić information content (AvgIpc) is 2.55. The summed E-state index contributed by atoms with van der Waals surface area (Å²) in [6, 6.07) is 5.79. The van der Waals surface area contributed by atoms with E-state index < -0.39 is 35.7 Å². The van der Waals surface area contributed by atoms with Gasteiger partial charge in [-0.05, 0) is 17.7 Å². The maximum absolute atomic E-state index is 12.7. The van der Waals surface area contributed by atoms with Gasteiger partial charge in [0.25, 0.3) is 0 Å². The van der Waals surface area contributed by atoms with Crippen molar-refractivity contribution >= 4 is 41.0 Å². The van der Waals surface area contributed by atoms with Gasteiger partial charge in [-0.15, -0.1) is 6.42 Å². The molecule has 2 unspecified atom stereocenters. The first-order chi connectivity index (χ1) is 11.8. The van der Waals surface area contributed by atoms with Crippen LogP contribution in [0.4, 0.5) is 0 Å². The first-order valence-electron chi connectivity index (χ1n) is 7.47. The van der Waals surface area contributed by atoms with Crippen LogP contribution in [0.2, 0.25) is 5.02 Å². The minimum absolute atomic E-state index is 0.125. The molecule has 1 fully saturated rings. The molecule has 0 spiro atoms. The summed E-state index contributed by atoms with van der Waals surface area (Å²) in [5.74, 6) is 0.134. The molecule has 0 aliphatic carbocycles. The van der Waals surface area contributed by atoms with Gasteiger partial charge in [0, 0.05) is 11.4 Å². The van der Waals surface area contributed by atoms with Gasteiger partial charge in [0.05, 0.1) is 13.0 Å². The number of terminal acetylenes is 1. The van der Waals surface area contributed by atoms with E-state index in [0.29, 0.717) is 11.4 Å². The molecule has 1 aromatic rings. The Labute approximate surface area is 155 Å². The molecule has 6 nitrogen and oxygen atoms in total. The normalized spacial score (nSPS) is 18.8. The number of carbonyl (C=O) groups excluding carboxylic acids is 2. The van der Waals surface area contributed by atoms with Crippen LogP contribution in [0.15, 0.2) is 24.3 Å². The third kappa shape index (κ3) is 4.65. The van der Waals surface area contributed by atoms with Crippen LogP contribution in [0.3, 0.4) is 0 Å². The number of hydrogen-bond acceptors (Lipinski definition) is 3. The monoisotopic (exact) mass is 382 g/mol. The lowest BCUT2D eigenvalue weighted by Gasteiger charge is -2.40. The number of halogens is 2. The first-order valence-corrected chi connectivity index (χ1v) is 8.28. The molecule has 1 saturated heterocycles. The lowest BCUT2D eigenvalue weighted by Crippen LogP contribution is -2.62. The van der Waals surface area contributed by atoms with Crippen LogP contribution in [-0.2, 0) is 20.8 Å². The smallest absolute Gasteiger partial charge is 0.305 e. The molecule has 0 radical (unpaired) electrons. The SMILES string of the molecule is C#CCN1C(=O)CN(C(Cl)Cc2ccc(Cl)cc2)C(=O)C1CC(=O)O. The van der Waals surface area contributed by atoms with Crippen molar-refractivity contribution in [2.45, 2.75) is 24.4 Å². The number of benzene rings is 1. The van der Waals surface area contributed by atoms with Crippen molar-refractivity contribution in [3.8, 4) is 12.3 Å². The lowest BCUT2D eigenvalue weighted by atomic mass is 10.1. The number of piperazine rings is 1. The second kappa shape index (κ2) is 8.24. The Morgan fingerprint density at radius 3 is 2.56 bits per heavy atom. The third-order valence-electron chi connectivity index (χ3n) is 3.86. The summed E-state index contributed by atoms with van der Waals surface area (Å²) in [6.45, 7) is -0.362. The van der Waals surface area contributed by atoms with Gasteiger partial charge < -0.3 is 14.9 Å². The van der Waals surface area contributed by atoms with E-state index in [1.54, 1.807) is 24.3 Å². The van der Waals surface area contributed by atoms with E-state index in [2.05, 4.69) is 5.92 Å². The molecule has 0 saturated carbocycles. The number of carboxylic acids is 1. The summed E-state index contributed by atoms with van der Waals surface area (Å²) >= 11 is 12.2. The Balaban J connectivity index is 2.18. The van der Waals surface area contributed by atoms with E-state index in [1.165, 1.54) is 4.90 Å². The molecule has 1 N–H and O–H groups in total. The Bertz CT molecular complexity index is 714. The van der Waals surface area contributed by atoms with Gasteiger partial charge in [-0.25, -0.2) is 0 Å². The van der Waals surface area contributed by atoms with E-state index in [-0.39, 0.29) is 13.1 Å². The molecule has 2 rings (SSSR count). The van der Waals surface area contributed by atoms with Crippen molar-refractivity contribution in [1.82, 2.24) is 9.80 Å². The molecule has 2 atom stereocenters. The van der Waals surface area contributed by atoms with Crippen molar-refractivity contribution in [1.29, 1.82) is 0 Å². The molecule has 1 aliphatic heterocycles. The minimum Gasteiger partial charge on any atom is -0.481 e. The van der Waals surface area contributed by atoms with E-state index in [1.807, 2.05) is 0 Å². The Morgan fingerprint density at radius 2 is 2.00 bits per heavy atom. The van der Waals surface area contributed by atoms with Crippen LogP contribution in [0, 0.1) is 12.3 Å². The molecule has 1 heterocycles. The highest BCUT2D eigenvalue weighted by molar-refractivity contribution is 6.30. The molecule has 0 bridgehead atoms. The maximum atomic E-state index is 12.7. The molecule has 1 aromatic carbocycles. The maximum Gasteiger partial charge on any atom is 0.305 e. The van der Waals surface area contributed by atoms with Crippen LogP contribution in [-0.4, -0.2) is 57.3 Å². The number of aliphatic carboxylic acids is 1. The summed E-state index contributed by atoms with van der Waals surface area (Å²) in [6.07, 6.45) is 4.99. The quantitative estimate of drug-likeness (QED) is 0.460. The number of nitrogens with zero attached hydrogens (tertiary/aromatic N) is 2. The van der Waals surface area contributed by atoms with E-state index >= 15 is 0 Å². The fourth-order valence-electron chi connectivity index (χ4n) is 2.63. The predicted octanol–water partition coefficient (Wildman–Crippen LogP) is 1.59. The second-order valence-corrected chi connectivity index (χ2v) is 6.51. The first kappa shape index (κ1) is 19.1. The van der Waals surface area contributed by atoms with Crippen molar-refractivity contribution in [2.24, 2.45) is 0 Å². The molecule has 0 aromatic heterocycles. The van der Waals surface area contributed by atoms with Crippen LogP contribution < -0.4 is 0 Å². The lowest BCUT2D eigenvalue weighted by molar-refractivity contribution is -0.159. The third-order valence-corrected chi connectivity index (χ3v) is 4.50. The van der Waals surface area contributed by atoms with Gasteiger partial charge in [0.15, 0.2) is 0 Å². The van der Waals surface area contributed by atoms with Gasteiger partial charge in [0.2, 0.25) is 11.8 Å². The fourth-order valence-corrected chi connectivity index (χ4v) is 3.10. The van der Waals surface area contributed by atoms with Crippen LogP contribution in [0.5, 0.6) is 0 Å². The molecule has 25 heavy (non-hydrogen) atoms. The molecular weight excluding hydrogens is 367 g/mol. The molecular formula is C17H16Cl2N2O4. The van der Waals surface area contributed by atoms with Crippen molar-refractivity contribution in [2.75, 3.05) is 13.1 Å². The van der Waals surface area contributed by atoms with Gasteiger partial charge >= 0.3 is 5.97 Å². The standard InChI is InChI=1S/C17H16Cl2N2O4/c1-2-7-20-13(9-16(23)24)17(25)21(10-15(20)22)14(19)8-11-3-5-12(18)6-4-11/h1,3-6,13-14H,7-10H2,(H,23,24). The van der Waals surface area contributed by atoms with E-state index in [9.17, 15) is 14.4 Å². The minimum atomic E-state index is -1.20. The summed E-state index contributed by atoms with van der Waals surface area (Å²) in [5.41, 5.74) is 0.0485. The summed E-state index contributed by atoms with van der Waals surface area (Å²) < 4.78 is 0. The number of hydrogen-bond donors (Lipinski definition) is 1. The fraction of sp³-hybridized carbons (Fsp3) is 0.353.